The van der Waals surface area contributed by atoms with Crippen LogP contribution in [0, 0.1) is 28.6 Å². The van der Waals surface area contributed by atoms with Gasteiger partial charge in [-0.2, -0.15) is 0 Å². The van der Waals surface area contributed by atoms with Crippen molar-refractivity contribution in [3.8, 4) is 0 Å². The topological polar surface area (TPSA) is 97.4 Å². The SMILES string of the molecule is C=C/C(C)=C/C[C@]1(C)[C@H](C)C[C@H](OC)[C@@]23C(=C[C@H](OC(=O)[C@H](C)CC)C[C@@H]12)[C@H](OC(C)=O)O[C@@H]3OC(C)=O. The summed E-state index contributed by atoms with van der Waals surface area (Å²) in [5.41, 5.74) is 0.431. The molecule has 2 fully saturated rings. The maximum Gasteiger partial charge on any atom is 0.309 e. The lowest BCUT2D eigenvalue weighted by Crippen LogP contribution is -2.63. The molecule has 9 atom stereocenters. The molecule has 1 spiro atoms. The number of hydrogen-bond acceptors (Lipinski definition) is 8. The molecule has 0 bridgehead atoms. The summed E-state index contributed by atoms with van der Waals surface area (Å²) in [7, 11) is 1.64. The summed E-state index contributed by atoms with van der Waals surface area (Å²) < 4.78 is 29.8. The van der Waals surface area contributed by atoms with Gasteiger partial charge in [0.2, 0.25) is 12.6 Å². The van der Waals surface area contributed by atoms with Gasteiger partial charge in [-0.25, -0.2) is 0 Å². The summed E-state index contributed by atoms with van der Waals surface area (Å²) >= 11 is 0. The lowest BCUT2D eigenvalue weighted by Gasteiger charge is -2.61. The van der Waals surface area contributed by atoms with Crippen molar-refractivity contribution in [2.24, 2.45) is 28.6 Å². The average Bonchev–Trinajstić information content (AvgIpc) is 3.15. The minimum Gasteiger partial charge on any atom is -0.458 e. The van der Waals surface area contributed by atoms with Crippen molar-refractivity contribution in [1.82, 2.24) is 0 Å². The highest BCUT2D eigenvalue weighted by Crippen LogP contribution is 2.67. The molecule has 0 N–H and O–H groups in total. The van der Waals surface area contributed by atoms with Gasteiger partial charge in [-0.05, 0) is 55.9 Å². The van der Waals surface area contributed by atoms with E-state index in [1.54, 1.807) is 7.11 Å². The lowest BCUT2D eigenvalue weighted by atomic mass is 9.45. The molecule has 8 heteroatoms. The third-order valence-corrected chi connectivity index (χ3v) is 9.12. The number of esters is 3. The molecule has 3 aliphatic rings. The second-order valence-electron chi connectivity index (χ2n) is 11.4. The summed E-state index contributed by atoms with van der Waals surface area (Å²) in [5.74, 6) is -1.56. The summed E-state index contributed by atoms with van der Waals surface area (Å²) in [5, 5.41) is 0. The third-order valence-electron chi connectivity index (χ3n) is 9.12. The molecule has 0 aromatic carbocycles. The summed E-state index contributed by atoms with van der Waals surface area (Å²) in [6, 6.07) is 0. The Hall–Kier alpha value is -2.45. The minimum atomic E-state index is -1.09. The van der Waals surface area contributed by atoms with E-state index < -0.39 is 36.0 Å². The Kier molecular flexibility index (Phi) is 9.30. The highest BCUT2D eigenvalue weighted by Gasteiger charge is 2.71. The molecule has 38 heavy (non-hydrogen) atoms. The summed E-state index contributed by atoms with van der Waals surface area (Å²) in [6.45, 7) is 16.8. The number of allylic oxidation sites excluding steroid dienone is 3. The number of carbonyl (C=O) groups is 3. The molecule has 0 amide bonds. The normalized spacial score (nSPS) is 37.3. The monoisotopic (exact) mass is 532 g/mol. The number of rotatable bonds is 9. The first-order valence-corrected chi connectivity index (χ1v) is 13.6. The molecule has 0 radical (unpaired) electrons. The van der Waals surface area contributed by atoms with E-state index in [1.807, 2.05) is 32.9 Å². The van der Waals surface area contributed by atoms with Gasteiger partial charge in [0.1, 0.15) is 6.10 Å². The fourth-order valence-corrected chi connectivity index (χ4v) is 6.56. The first kappa shape index (κ1) is 30.1. The molecule has 0 aromatic heterocycles. The zero-order chi connectivity index (χ0) is 28.4. The molecule has 1 saturated carbocycles. The highest BCUT2D eigenvalue weighted by molar-refractivity contribution is 5.72. The van der Waals surface area contributed by atoms with Crippen LogP contribution in [0.1, 0.15) is 74.1 Å². The number of carbonyl (C=O) groups excluding carboxylic acids is 3. The van der Waals surface area contributed by atoms with Gasteiger partial charge in [0.05, 0.1) is 17.4 Å². The van der Waals surface area contributed by atoms with E-state index >= 15 is 0 Å². The predicted molar refractivity (Wildman–Crippen MR) is 141 cm³/mol. The van der Waals surface area contributed by atoms with E-state index in [4.69, 9.17) is 23.7 Å². The van der Waals surface area contributed by atoms with Crippen LogP contribution >= 0.6 is 0 Å². The number of methoxy groups -OCH3 is 1. The van der Waals surface area contributed by atoms with Gasteiger partial charge >= 0.3 is 17.9 Å². The second-order valence-corrected chi connectivity index (χ2v) is 11.4. The van der Waals surface area contributed by atoms with Crippen molar-refractivity contribution >= 4 is 17.9 Å². The van der Waals surface area contributed by atoms with Crippen LogP contribution < -0.4 is 0 Å². The van der Waals surface area contributed by atoms with E-state index in [0.29, 0.717) is 24.8 Å². The fourth-order valence-electron chi connectivity index (χ4n) is 6.56. The molecular weight excluding hydrogens is 488 g/mol. The summed E-state index contributed by atoms with van der Waals surface area (Å²) in [4.78, 5) is 37.3. The van der Waals surface area contributed by atoms with Crippen molar-refractivity contribution in [3.05, 3.63) is 36.0 Å². The lowest BCUT2D eigenvalue weighted by molar-refractivity contribution is -0.257. The summed E-state index contributed by atoms with van der Waals surface area (Å²) in [6.07, 6.45) is 5.30. The second kappa shape index (κ2) is 11.7. The Morgan fingerprint density at radius 3 is 2.37 bits per heavy atom. The maximum atomic E-state index is 12.9. The van der Waals surface area contributed by atoms with Gasteiger partial charge in [0.25, 0.3) is 0 Å². The Morgan fingerprint density at radius 1 is 1.16 bits per heavy atom. The van der Waals surface area contributed by atoms with Gasteiger partial charge in [-0.15, -0.1) is 0 Å². The molecule has 1 heterocycles. The quantitative estimate of drug-likeness (QED) is 0.171. The van der Waals surface area contributed by atoms with Crippen LogP contribution in [-0.2, 0) is 38.1 Å². The Balaban J connectivity index is 2.25. The van der Waals surface area contributed by atoms with Crippen molar-refractivity contribution in [3.63, 3.8) is 0 Å². The largest absolute Gasteiger partial charge is 0.458 e. The molecule has 8 nitrogen and oxygen atoms in total. The Bertz CT molecular complexity index is 998. The number of hydrogen-bond donors (Lipinski definition) is 0. The standard InChI is InChI=1S/C30H44O8/c1-10-17(3)12-13-29(8)19(5)14-25(34-9)30-23(27(35-20(6)31)38-28(30)36-21(7)32)15-22(16-24(29)30)37-26(33)18(4)11-2/h10,12,15,18-19,22,24-25,27-28H,1,11,13-14,16H2,2-9H3/b17-12+/t18-,19-,22+,24+,25+,27-,28+,29-,30-/m1/s1. The van der Waals surface area contributed by atoms with Crippen LogP contribution in [0.3, 0.4) is 0 Å². The average molecular weight is 533 g/mol. The van der Waals surface area contributed by atoms with Crippen LogP contribution in [0.4, 0.5) is 0 Å². The van der Waals surface area contributed by atoms with Gasteiger partial charge < -0.3 is 18.9 Å². The van der Waals surface area contributed by atoms with Crippen LogP contribution in [0.25, 0.3) is 0 Å². The molecule has 212 valence electrons. The minimum absolute atomic E-state index is 0.197. The molecular formula is C30H44O8. The van der Waals surface area contributed by atoms with Crippen molar-refractivity contribution < 1.29 is 38.1 Å². The zero-order valence-corrected chi connectivity index (χ0v) is 24.1. The molecule has 3 rings (SSSR count). The van der Waals surface area contributed by atoms with Gasteiger partial charge in [-0.3, -0.25) is 19.1 Å². The van der Waals surface area contributed by atoms with Crippen LogP contribution in [-0.4, -0.2) is 49.8 Å². The van der Waals surface area contributed by atoms with Crippen LogP contribution in [0.15, 0.2) is 36.0 Å². The zero-order valence-electron chi connectivity index (χ0n) is 24.1. The molecule has 2 aliphatic carbocycles. The van der Waals surface area contributed by atoms with Gasteiger partial charge in [-0.1, -0.05) is 52.0 Å². The van der Waals surface area contributed by atoms with E-state index in [9.17, 15) is 14.4 Å². The highest BCUT2D eigenvalue weighted by atomic mass is 16.8. The molecule has 0 unspecified atom stereocenters. The van der Waals surface area contributed by atoms with E-state index in [-0.39, 0.29) is 35.2 Å². The molecule has 1 aliphatic heterocycles. The van der Waals surface area contributed by atoms with Crippen LogP contribution in [0.5, 0.6) is 0 Å². The van der Waals surface area contributed by atoms with E-state index in [2.05, 4.69) is 26.5 Å². The third kappa shape index (κ3) is 5.34. The first-order valence-electron chi connectivity index (χ1n) is 13.6. The maximum absolute atomic E-state index is 12.9. The fraction of sp³-hybridized carbons (Fsp3) is 0.700. The smallest absolute Gasteiger partial charge is 0.309 e. The first-order chi connectivity index (χ1) is 17.8. The van der Waals surface area contributed by atoms with Crippen molar-refractivity contribution in [1.29, 1.82) is 0 Å². The van der Waals surface area contributed by atoms with Gasteiger partial charge in [0.15, 0.2) is 0 Å². The number of ether oxygens (including phenoxy) is 5. The van der Waals surface area contributed by atoms with Crippen molar-refractivity contribution in [2.75, 3.05) is 7.11 Å². The predicted octanol–water partition coefficient (Wildman–Crippen LogP) is 5.27. The molecule has 0 aromatic rings. The Morgan fingerprint density at radius 2 is 1.82 bits per heavy atom. The van der Waals surface area contributed by atoms with E-state index in [1.165, 1.54) is 13.8 Å². The van der Waals surface area contributed by atoms with Gasteiger partial charge in [0, 0.05) is 26.5 Å². The van der Waals surface area contributed by atoms with Crippen molar-refractivity contribution in [2.45, 2.75) is 98.9 Å². The van der Waals surface area contributed by atoms with Crippen LogP contribution in [0.2, 0.25) is 0 Å². The Labute approximate surface area is 226 Å². The van der Waals surface area contributed by atoms with E-state index in [0.717, 1.165) is 12.0 Å². The molecule has 1 saturated heterocycles.